The molecule has 0 spiro atoms. The predicted octanol–water partition coefficient (Wildman–Crippen LogP) is 3.52. The van der Waals surface area contributed by atoms with E-state index in [1.807, 2.05) is 12.1 Å². The Balaban J connectivity index is 2.05. The standard InChI is InChI=1S/C15H13BrFNO/c16-12-3-6-15(17)11(8-12)9-14(19)7-10-1-4-13(18)5-2-10/h1-6,8H,7,9,18H2. The minimum Gasteiger partial charge on any atom is -0.399 e. The van der Waals surface area contributed by atoms with Crippen molar-refractivity contribution in [1.82, 2.24) is 0 Å². The first-order valence-corrected chi connectivity index (χ1v) is 6.64. The summed E-state index contributed by atoms with van der Waals surface area (Å²) in [5.41, 5.74) is 7.53. The minimum atomic E-state index is -0.353. The number of Topliss-reactive ketones (excluding diaryl/α,β-unsaturated/α-hetero) is 1. The monoisotopic (exact) mass is 321 g/mol. The second-order valence-electron chi connectivity index (χ2n) is 4.37. The third-order valence-corrected chi connectivity index (χ3v) is 3.27. The quantitative estimate of drug-likeness (QED) is 0.875. The molecule has 2 rings (SSSR count). The van der Waals surface area contributed by atoms with E-state index in [4.69, 9.17) is 5.73 Å². The summed E-state index contributed by atoms with van der Waals surface area (Å²) in [4.78, 5) is 11.9. The average molecular weight is 322 g/mol. The molecule has 0 atom stereocenters. The molecule has 0 bridgehead atoms. The largest absolute Gasteiger partial charge is 0.399 e. The Morgan fingerprint density at radius 3 is 2.47 bits per heavy atom. The maximum Gasteiger partial charge on any atom is 0.141 e. The molecule has 0 heterocycles. The highest BCUT2D eigenvalue weighted by Gasteiger charge is 2.09. The SMILES string of the molecule is Nc1ccc(CC(=O)Cc2cc(Br)ccc2F)cc1. The van der Waals surface area contributed by atoms with Crippen LogP contribution in [0.4, 0.5) is 10.1 Å². The fourth-order valence-electron chi connectivity index (χ4n) is 1.82. The van der Waals surface area contributed by atoms with Gasteiger partial charge in [-0.05, 0) is 41.5 Å². The lowest BCUT2D eigenvalue weighted by Gasteiger charge is -2.04. The van der Waals surface area contributed by atoms with E-state index in [2.05, 4.69) is 15.9 Å². The molecule has 0 aliphatic rings. The van der Waals surface area contributed by atoms with Crippen molar-refractivity contribution in [1.29, 1.82) is 0 Å². The lowest BCUT2D eigenvalue weighted by molar-refractivity contribution is -0.117. The molecular formula is C15H13BrFNO. The van der Waals surface area contributed by atoms with Crippen LogP contribution in [0.2, 0.25) is 0 Å². The second kappa shape index (κ2) is 5.97. The Hall–Kier alpha value is -1.68. The van der Waals surface area contributed by atoms with Crippen LogP contribution < -0.4 is 5.73 Å². The molecule has 2 nitrogen and oxygen atoms in total. The molecule has 0 aliphatic heterocycles. The molecule has 0 unspecified atom stereocenters. The molecule has 19 heavy (non-hydrogen) atoms. The lowest BCUT2D eigenvalue weighted by atomic mass is 10.0. The van der Waals surface area contributed by atoms with Crippen molar-refractivity contribution in [3.05, 3.63) is 63.9 Å². The van der Waals surface area contributed by atoms with Crippen LogP contribution >= 0.6 is 15.9 Å². The first kappa shape index (κ1) is 13.7. The predicted molar refractivity (Wildman–Crippen MR) is 77.4 cm³/mol. The van der Waals surface area contributed by atoms with Gasteiger partial charge in [-0.3, -0.25) is 4.79 Å². The number of ketones is 1. The number of hydrogen-bond acceptors (Lipinski definition) is 2. The number of hydrogen-bond donors (Lipinski definition) is 1. The molecule has 2 aromatic carbocycles. The molecule has 4 heteroatoms. The molecule has 0 saturated carbocycles. The van der Waals surface area contributed by atoms with Crippen molar-refractivity contribution in [2.45, 2.75) is 12.8 Å². The van der Waals surface area contributed by atoms with Gasteiger partial charge in [-0.1, -0.05) is 28.1 Å². The van der Waals surface area contributed by atoms with Gasteiger partial charge in [-0.15, -0.1) is 0 Å². The third kappa shape index (κ3) is 3.89. The Labute approximate surface area is 119 Å². The van der Waals surface area contributed by atoms with E-state index in [0.29, 0.717) is 11.3 Å². The van der Waals surface area contributed by atoms with Crippen molar-refractivity contribution in [2.75, 3.05) is 5.73 Å². The number of halogens is 2. The van der Waals surface area contributed by atoms with Gasteiger partial charge in [0.1, 0.15) is 11.6 Å². The highest BCUT2D eigenvalue weighted by atomic mass is 79.9. The highest BCUT2D eigenvalue weighted by molar-refractivity contribution is 9.10. The molecule has 98 valence electrons. The van der Waals surface area contributed by atoms with Crippen LogP contribution in [-0.2, 0) is 17.6 Å². The molecule has 0 aromatic heterocycles. The molecule has 2 N–H and O–H groups in total. The smallest absolute Gasteiger partial charge is 0.141 e. The summed E-state index contributed by atoms with van der Waals surface area (Å²) >= 11 is 3.27. The van der Waals surface area contributed by atoms with E-state index in [-0.39, 0.29) is 24.4 Å². The zero-order valence-electron chi connectivity index (χ0n) is 10.2. The minimum absolute atomic E-state index is 0.0261. The fraction of sp³-hybridized carbons (Fsp3) is 0.133. The fourth-order valence-corrected chi connectivity index (χ4v) is 2.23. The van der Waals surface area contributed by atoms with Gasteiger partial charge in [0, 0.05) is 23.0 Å². The zero-order valence-corrected chi connectivity index (χ0v) is 11.8. The van der Waals surface area contributed by atoms with E-state index in [1.165, 1.54) is 6.07 Å². The van der Waals surface area contributed by atoms with Gasteiger partial charge in [-0.25, -0.2) is 4.39 Å². The van der Waals surface area contributed by atoms with Crippen LogP contribution in [0.15, 0.2) is 46.9 Å². The van der Waals surface area contributed by atoms with Crippen LogP contribution in [0.25, 0.3) is 0 Å². The molecule has 0 aliphatic carbocycles. The number of benzene rings is 2. The topological polar surface area (TPSA) is 43.1 Å². The van der Waals surface area contributed by atoms with Crippen LogP contribution in [0.1, 0.15) is 11.1 Å². The van der Waals surface area contributed by atoms with Crippen molar-refractivity contribution in [2.24, 2.45) is 0 Å². The van der Waals surface area contributed by atoms with Crippen LogP contribution in [0.3, 0.4) is 0 Å². The van der Waals surface area contributed by atoms with E-state index in [0.717, 1.165) is 10.0 Å². The summed E-state index contributed by atoms with van der Waals surface area (Å²) in [5.74, 6) is -0.379. The third-order valence-electron chi connectivity index (χ3n) is 2.78. The average Bonchev–Trinajstić information content (AvgIpc) is 2.37. The number of carbonyl (C=O) groups is 1. The molecule has 0 fully saturated rings. The van der Waals surface area contributed by atoms with Crippen LogP contribution in [0, 0.1) is 5.82 Å². The first-order chi connectivity index (χ1) is 9.04. The number of nitrogens with two attached hydrogens (primary N) is 1. The Morgan fingerprint density at radius 1 is 1.11 bits per heavy atom. The number of nitrogen functional groups attached to an aromatic ring is 1. The summed E-state index contributed by atoms with van der Waals surface area (Å²) in [5, 5.41) is 0. The Kier molecular flexibility index (Phi) is 4.32. The summed E-state index contributed by atoms with van der Waals surface area (Å²) in [6, 6.07) is 11.7. The Bertz CT molecular complexity index is 596. The normalized spacial score (nSPS) is 10.4. The van der Waals surface area contributed by atoms with Gasteiger partial charge in [0.25, 0.3) is 0 Å². The van der Waals surface area contributed by atoms with Gasteiger partial charge in [0.2, 0.25) is 0 Å². The first-order valence-electron chi connectivity index (χ1n) is 5.84. The molecule has 0 saturated heterocycles. The van der Waals surface area contributed by atoms with Gasteiger partial charge in [-0.2, -0.15) is 0 Å². The second-order valence-corrected chi connectivity index (χ2v) is 5.29. The van der Waals surface area contributed by atoms with Gasteiger partial charge >= 0.3 is 0 Å². The van der Waals surface area contributed by atoms with Crippen molar-refractivity contribution in [3.8, 4) is 0 Å². The lowest BCUT2D eigenvalue weighted by Crippen LogP contribution is -2.08. The Morgan fingerprint density at radius 2 is 1.79 bits per heavy atom. The van der Waals surface area contributed by atoms with Gasteiger partial charge < -0.3 is 5.73 Å². The van der Waals surface area contributed by atoms with Crippen molar-refractivity contribution >= 4 is 27.4 Å². The van der Waals surface area contributed by atoms with Crippen LogP contribution in [0.5, 0.6) is 0 Å². The molecule has 2 aromatic rings. The van der Waals surface area contributed by atoms with E-state index in [9.17, 15) is 9.18 Å². The number of rotatable bonds is 4. The summed E-state index contributed by atoms with van der Waals surface area (Å²) in [6.07, 6.45) is 0.377. The highest BCUT2D eigenvalue weighted by Crippen LogP contribution is 2.17. The maximum absolute atomic E-state index is 13.5. The van der Waals surface area contributed by atoms with Crippen LogP contribution in [-0.4, -0.2) is 5.78 Å². The summed E-state index contributed by atoms with van der Waals surface area (Å²) in [6.45, 7) is 0. The number of anilines is 1. The maximum atomic E-state index is 13.5. The molecular weight excluding hydrogens is 309 g/mol. The van der Waals surface area contributed by atoms with Crippen molar-refractivity contribution < 1.29 is 9.18 Å². The van der Waals surface area contributed by atoms with Gasteiger partial charge in [0.15, 0.2) is 0 Å². The van der Waals surface area contributed by atoms with Crippen molar-refractivity contribution in [3.63, 3.8) is 0 Å². The zero-order chi connectivity index (χ0) is 13.8. The van der Waals surface area contributed by atoms with E-state index >= 15 is 0 Å². The summed E-state index contributed by atoms with van der Waals surface area (Å²) in [7, 11) is 0. The van der Waals surface area contributed by atoms with E-state index in [1.54, 1.807) is 24.3 Å². The molecule has 0 radical (unpaired) electrons. The summed E-state index contributed by atoms with van der Waals surface area (Å²) < 4.78 is 14.3. The van der Waals surface area contributed by atoms with Gasteiger partial charge in [0.05, 0.1) is 0 Å². The molecule has 0 amide bonds. The number of carbonyl (C=O) groups excluding carboxylic acids is 1. The van der Waals surface area contributed by atoms with E-state index < -0.39 is 0 Å².